The van der Waals surface area contributed by atoms with Crippen LogP contribution in [0, 0.1) is 6.92 Å². The highest BCUT2D eigenvalue weighted by Crippen LogP contribution is 2.19. The molecule has 0 saturated carbocycles. The zero-order chi connectivity index (χ0) is 11.2. The predicted molar refractivity (Wildman–Crippen MR) is 72.0 cm³/mol. The maximum absolute atomic E-state index is 2.25. The van der Waals surface area contributed by atoms with Gasteiger partial charge in [0.1, 0.15) is 0 Å². The summed E-state index contributed by atoms with van der Waals surface area (Å²) in [6.45, 7) is 2.14. The molecule has 0 aromatic heterocycles. The van der Waals surface area contributed by atoms with Crippen LogP contribution >= 0.6 is 11.8 Å². The minimum Gasteiger partial charge on any atom is -0.126 e. The quantitative estimate of drug-likeness (QED) is 0.702. The topological polar surface area (TPSA) is 0 Å². The van der Waals surface area contributed by atoms with Crippen LogP contribution in [0.2, 0.25) is 0 Å². The molecular weight excluding hydrogens is 212 g/mol. The summed E-state index contributed by atoms with van der Waals surface area (Å²) in [4.78, 5) is 1.37. The fraction of sp³-hybridized carbons (Fsp3) is 0.200. The second-order valence-electron chi connectivity index (χ2n) is 3.90. The van der Waals surface area contributed by atoms with E-state index in [9.17, 15) is 0 Å². The van der Waals surface area contributed by atoms with E-state index >= 15 is 0 Å². The van der Waals surface area contributed by atoms with E-state index in [0.717, 1.165) is 12.2 Å². The molecule has 2 aromatic rings. The summed E-state index contributed by atoms with van der Waals surface area (Å²) < 4.78 is 0. The summed E-state index contributed by atoms with van der Waals surface area (Å²) >= 11 is 1.93. The van der Waals surface area contributed by atoms with Gasteiger partial charge in [0.05, 0.1) is 0 Å². The molecule has 0 amide bonds. The molecule has 2 rings (SSSR count). The average Bonchev–Trinajstić information content (AvgIpc) is 2.30. The van der Waals surface area contributed by atoms with Crippen LogP contribution < -0.4 is 0 Å². The molecule has 0 radical (unpaired) electrons. The van der Waals surface area contributed by atoms with Crippen LogP contribution in [-0.2, 0) is 6.42 Å². The van der Waals surface area contributed by atoms with E-state index in [1.807, 2.05) is 11.8 Å². The highest BCUT2D eigenvalue weighted by Gasteiger charge is 1.95. The Kier molecular flexibility index (Phi) is 4.06. The fourth-order valence-corrected chi connectivity index (χ4v) is 2.65. The zero-order valence-corrected chi connectivity index (χ0v) is 10.3. The number of thioether (sulfide) groups is 1. The third-order valence-corrected chi connectivity index (χ3v) is 3.49. The Labute approximate surface area is 102 Å². The minimum absolute atomic E-state index is 1.14. The molecule has 0 bridgehead atoms. The number of benzene rings is 2. The first-order valence-electron chi connectivity index (χ1n) is 5.58. The molecule has 0 nitrogen and oxygen atoms in total. The van der Waals surface area contributed by atoms with Gasteiger partial charge in [0.25, 0.3) is 0 Å². The highest BCUT2D eigenvalue weighted by molar-refractivity contribution is 7.99. The Morgan fingerprint density at radius 2 is 1.75 bits per heavy atom. The molecule has 0 aliphatic carbocycles. The average molecular weight is 228 g/mol. The molecule has 2 aromatic carbocycles. The first-order chi connectivity index (χ1) is 7.84. The first kappa shape index (κ1) is 11.3. The van der Waals surface area contributed by atoms with Crippen LogP contribution in [-0.4, -0.2) is 5.75 Å². The summed E-state index contributed by atoms with van der Waals surface area (Å²) in [5, 5.41) is 0. The third kappa shape index (κ3) is 3.42. The van der Waals surface area contributed by atoms with Crippen LogP contribution in [0.1, 0.15) is 11.1 Å². The van der Waals surface area contributed by atoms with Gasteiger partial charge < -0.3 is 0 Å². The van der Waals surface area contributed by atoms with Gasteiger partial charge >= 0.3 is 0 Å². The molecule has 0 aliphatic rings. The minimum atomic E-state index is 1.14. The van der Waals surface area contributed by atoms with Crippen molar-refractivity contribution in [2.75, 3.05) is 5.75 Å². The predicted octanol–water partition coefficient (Wildman–Crippen LogP) is 4.33. The van der Waals surface area contributed by atoms with Gasteiger partial charge in [-0.2, -0.15) is 0 Å². The second-order valence-corrected chi connectivity index (χ2v) is 5.07. The summed E-state index contributed by atoms with van der Waals surface area (Å²) in [6.07, 6.45) is 1.14. The maximum atomic E-state index is 2.25. The lowest BCUT2D eigenvalue weighted by atomic mass is 10.2. The molecule has 16 heavy (non-hydrogen) atoms. The molecule has 0 unspecified atom stereocenters. The van der Waals surface area contributed by atoms with Crippen molar-refractivity contribution in [3.8, 4) is 0 Å². The molecule has 0 heterocycles. The van der Waals surface area contributed by atoms with Crippen LogP contribution in [0.25, 0.3) is 0 Å². The third-order valence-electron chi connectivity index (χ3n) is 2.49. The fourth-order valence-electron chi connectivity index (χ4n) is 1.64. The lowest BCUT2D eigenvalue weighted by Crippen LogP contribution is -1.87. The smallest absolute Gasteiger partial charge is 0.00746 e. The molecule has 0 fully saturated rings. The van der Waals surface area contributed by atoms with Crippen LogP contribution in [0.5, 0.6) is 0 Å². The Balaban J connectivity index is 1.85. The SMILES string of the molecule is Cc1cccc(SCCc2ccccc2)c1. The Morgan fingerprint density at radius 1 is 0.938 bits per heavy atom. The molecule has 0 atom stereocenters. The monoisotopic (exact) mass is 228 g/mol. The van der Waals surface area contributed by atoms with E-state index in [2.05, 4.69) is 61.5 Å². The lowest BCUT2D eigenvalue weighted by molar-refractivity contribution is 1.15. The van der Waals surface area contributed by atoms with Gasteiger partial charge in [0, 0.05) is 10.6 Å². The maximum Gasteiger partial charge on any atom is 0.00746 e. The number of hydrogen-bond donors (Lipinski definition) is 0. The first-order valence-corrected chi connectivity index (χ1v) is 6.56. The summed E-state index contributed by atoms with van der Waals surface area (Å²) in [5.41, 5.74) is 2.76. The van der Waals surface area contributed by atoms with Gasteiger partial charge in [-0.1, -0.05) is 48.0 Å². The van der Waals surface area contributed by atoms with Crippen molar-refractivity contribution in [2.24, 2.45) is 0 Å². The van der Waals surface area contributed by atoms with Crippen molar-refractivity contribution in [1.29, 1.82) is 0 Å². The van der Waals surface area contributed by atoms with Gasteiger partial charge in [-0.3, -0.25) is 0 Å². The van der Waals surface area contributed by atoms with Crippen molar-refractivity contribution in [3.63, 3.8) is 0 Å². The Hall–Kier alpha value is -1.21. The van der Waals surface area contributed by atoms with Gasteiger partial charge in [-0.25, -0.2) is 0 Å². The van der Waals surface area contributed by atoms with Crippen molar-refractivity contribution in [1.82, 2.24) is 0 Å². The van der Waals surface area contributed by atoms with Crippen LogP contribution in [0.4, 0.5) is 0 Å². The molecule has 0 N–H and O–H groups in total. The standard InChI is InChI=1S/C15H16S/c1-13-6-5-9-15(12-13)16-11-10-14-7-3-2-4-8-14/h2-9,12H,10-11H2,1H3. The Morgan fingerprint density at radius 3 is 2.50 bits per heavy atom. The molecular formula is C15H16S. The molecule has 1 heteroatoms. The van der Waals surface area contributed by atoms with E-state index in [0.29, 0.717) is 0 Å². The van der Waals surface area contributed by atoms with Crippen molar-refractivity contribution >= 4 is 11.8 Å². The van der Waals surface area contributed by atoms with E-state index in [4.69, 9.17) is 0 Å². The van der Waals surface area contributed by atoms with E-state index in [1.165, 1.54) is 16.0 Å². The number of rotatable bonds is 4. The van der Waals surface area contributed by atoms with E-state index in [1.54, 1.807) is 0 Å². The van der Waals surface area contributed by atoms with Gasteiger partial charge in [0.2, 0.25) is 0 Å². The lowest BCUT2D eigenvalue weighted by Gasteiger charge is -2.03. The Bertz CT molecular complexity index is 434. The zero-order valence-electron chi connectivity index (χ0n) is 9.52. The highest BCUT2D eigenvalue weighted by atomic mass is 32.2. The van der Waals surface area contributed by atoms with E-state index < -0.39 is 0 Å². The van der Waals surface area contributed by atoms with Crippen molar-refractivity contribution in [2.45, 2.75) is 18.2 Å². The van der Waals surface area contributed by atoms with Crippen molar-refractivity contribution < 1.29 is 0 Å². The second kappa shape index (κ2) is 5.76. The molecule has 0 saturated heterocycles. The molecule has 0 aliphatic heterocycles. The molecule has 82 valence electrons. The number of aryl methyl sites for hydroxylation is 2. The molecule has 0 spiro atoms. The normalized spacial score (nSPS) is 10.3. The summed E-state index contributed by atoms with van der Waals surface area (Å²) in [6, 6.07) is 19.4. The van der Waals surface area contributed by atoms with Gasteiger partial charge in [-0.15, -0.1) is 11.8 Å². The summed E-state index contributed by atoms with van der Waals surface area (Å²) in [7, 11) is 0. The van der Waals surface area contributed by atoms with Crippen molar-refractivity contribution in [3.05, 3.63) is 65.7 Å². The van der Waals surface area contributed by atoms with Gasteiger partial charge in [-0.05, 0) is 31.0 Å². The largest absolute Gasteiger partial charge is 0.126 e. The van der Waals surface area contributed by atoms with Gasteiger partial charge in [0.15, 0.2) is 0 Å². The van der Waals surface area contributed by atoms with Crippen LogP contribution in [0.3, 0.4) is 0 Å². The summed E-state index contributed by atoms with van der Waals surface area (Å²) in [5.74, 6) is 1.15. The van der Waals surface area contributed by atoms with Crippen LogP contribution in [0.15, 0.2) is 59.5 Å². The number of hydrogen-bond acceptors (Lipinski definition) is 1. The van der Waals surface area contributed by atoms with E-state index in [-0.39, 0.29) is 0 Å².